The van der Waals surface area contributed by atoms with E-state index in [4.69, 9.17) is 21.1 Å². The zero-order valence-corrected chi connectivity index (χ0v) is 11.3. The molecule has 2 N–H and O–H groups in total. The van der Waals surface area contributed by atoms with Gasteiger partial charge in [0.15, 0.2) is 6.04 Å². The maximum atomic E-state index is 13.3. The number of furan rings is 1. The van der Waals surface area contributed by atoms with Gasteiger partial charge in [0, 0.05) is 6.42 Å². The molecule has 0 saturated carbocycles. The summed E-state index contributed by atoms with van der Waals surface area (Å²) in [6, 6.07) is 0.700. The summed E-state index contributed by atoms with van der Waals surface area (Å²) in [6.07, 6.45) is -3.36. The van der Waals surface area contributed by atoms with E-state index < -0.39 is 24.9 Å². The van der Waals surface area contributed by atoms with E-state index in [0.29, 0.717) is 5.76 Å². The van der Waals surface area contributed by atoms with E-state index in [1.165, 1.54) is 6.26 Å². The number of aromatic nitrogens is 2. The molecule has 3 heterocycles. The molecule has 0 aliphatic carbocycles. The number of alkyl halides is 3. The fourth-order valence-electron chi connectivity index (χ4n) is 2.41. The van der Waals surface area contributed by atoms with Crippen molar-refractivity contribution in [1.82, 2.24) is 9.78 Å². The van der Waals surface area contributed by atoms with Gasteiger partial charge in [0.2, 0.25) is 0 Å². The molecule has 0 saturated heterocycles. The molecule has 0 unspecified atom stereocenters. The molecular formula is C12H11ClF3N3O2. The molecule has 0 spiro atoms. The van der Waals surface area contributed by atoms with Crippen LogP contribution in [0, 0.1) is 0 Å². The summed E-state index contributed by atoms with van der Waals surface area (Å²) >= 11 is 5.98. The molecule has 0 radical (unpaired) electrons. The second-order valence-electron chi connectivity index (χ2n) is 4.72. The molecule has 2 atom stereocenters. The van der Waals surface area contributed by atoms with Crippen LogP contribution in [0.15, 0.2) is 22.8 Å². The third-order valence-electron chi connectivity index (χ3n) is 3.40. The molecule has 114 valence electrons. The lowest BCUT2D eigenvalue weighted by Gasteiger charge is -2.32. The summed E-state index contributed by atoms with van der Waals surface area (Å²) in [5.74, 6) is 0.425. The lowest BCUT2D eigenvalue weighted by atomic mass is 10.0. The monoisotopic (exact) mass is 321 g/mol. The van der Waals surface area contributed by atoms with Gasteiger partial charge >= 0.3 is 6.18 Å². The topological polar surface area (TPSA) is 63.2 Å². The Bertz CT molecular complexity index is 639. The van der Waals surface area contributed by atoms with E-state index in [-0.39, 0.29) is 23.0 Å². The molecule has 2 aromatic heterocycles. The van der Waals surface area contributed by atoms with Crippen LogP contribution in [0.25, 0.3) is 0 Å². The fourth-order valence-corrected chi connectivity index (χ4v) is 2.65. The average molecular weight is 322 g/mol. The number of nitrogens with one attached hydrogen (secondary N) is 1. The van der Waals surface area contributed by atoms with Crippen molar-refractivity contribution in [3.05, 3.63) is 34.9 Å². The van der Waals surface area contributed by atoms with Crippen LogP contribution >= 0.6 is 11.6 Å². The number of fused-ring (bicyclic) bond motifs is 1. The van der Waals surface area contributed by atoms with Gasteiger partial charge in [-0.2, -0.15) is 18.3 Å². The Labute approximate surface area is 122 Å². The van der Waals surface area contributed by atoms with Crippen molar-refractivity contribution < 1.29 is 22.7 Å². The van der Waals surface area contributed by atoms with Crippen molar-refractivity contribution in [2.24, 2.45) is 0 Å². The summed E-state index contributed by atoms with van der Waals surface area (Å²) in [4.78, 5) is 0. The predicted octanol–water partition coefficient (Wildman–Crippen LogP) is 3.28. The summed E-state index contributed by atoms with van der Waals surface area (Å²) < 4.78 is 45.7. The van der Waals surface area contributed by atoms with E-state index >= 15 is 0 Å². The maximum absolute atomic E-state index is 13.3. The molecule has 9 heteroatoms. The van der Waals surface area contributed by atoms with Crippen LogP contribution in [0.1, 0.15) is 30.0 Å². The normalized spacial score (nSPS) is 22.0. The molecule has 0 aromatic carbocycles. The minimum absolute atomic E-state index is 0.00788. The van der Waals surface area contributed by atoms with Gasteiger partial charge in [-0.1, -0.05) is 11.6 Å². The number of hydrogen-bond donors (Lipinski definition) is 2. The van der Waals surface area contributed by atoms with Crippen LogP contribution in [0.3, 0.4) is 0 Å². The number of nitrogens with zero attached hydrogens (tertiary/aromatic N) is 2. The highest BCUT2D eigenvalue weighted by Crippen LogP contribution is 2.46. The first kappa shape index (κ1) is 14.3. The van der Waals surface area contributed by atoms with Crippen LogP contribution in [-0.4, -0.2) is 21.1 Å². The molecule has 5 nitrogen and oxygen atoms in total. The molecule has 21 heavy (non-hydrogen) atoms. The Kier molecular flexibility index (Phi) is 3.37. The smallest absolute Gasteiger partial charge is 0.410 e. The van der Waals surface area contributed by atoms with Crippen LogP contribution < -0.4 is 5.32 Å². The molecule has 1 aliphatic rings. The van der Waals surface area contributed by atoms with Crippen LogP contribution in [0.2, 0.25) is 5.02 Å². The minimum Gasteiger partial charge on any atom is -0.467 e. The number of halogens is 4. The van der Waals surface area contributed by atoms with E-state index in [2.05, 4.69) is 10.4 Å². The van der Waals surface area contributed by atoms with Gasteiger partial charge in [0.05, 0.1) is 18.9 Å². The van der Waals surface area contributed by atoms with Crippen LogP contribution in [0.5, 0.6) is 0 Å². The SMILES string of the molecule is OCc1nn2c(c1Cl)N[C@H](c1ccco1)C[C@@H]2C(F)(F)F. The van der Waals surface area contributed by atoms with Gasteiger partial charge in [-0.15, -0.1) is 0 Å². The van der Waals surface area contributed by atoms with Crippen molar-refractivity contribution in [3.8, 4) is 0 Å². The minimum atomic E-state index is -4.48. The predicted molar refractivity (Wildman–Crippen MR) is 67.9 cm³/mol. The van der Waals surface area contributed by atoms with Gasteiger partial charge in [-0.3, -0.25) is 0 Å². The zero-order valence-electron chi connectivity index (χ0n) is 10.6. The molecule has 2 aromatic rings. The molecule has 1 aliphatic heterocycles. The number of anilines is 1. The van der Waals surface area contributed by atoms with Gasteiger partial charge in [0.1, 0.15) is 22.3 Å². The van der Waals surface area contributed by atoms with Gasteiger partial charge in [-0.25, -0.2) is 4.68 Å². The first-order chi connectivity index (χ1) is 9.91. The summed E-state index contributed by atoms with van der Waals surface area (Å²) in [6.45, 7) is -0.531. The van der Waals surface area contributed by atoms with Gasteiger partial charge in [0.25, 0.3) is 0 Å². The zero-order chi connectivity index (χ0) is 15.2. The largest absolute Gasteiger partial charge is 0.467 e. The molecule has 0 fully saturated rings. The quantitative estimate of drug-likeness (QED) is 0.891. The highest BCUT2D eigenvalue weighted by Gasteiger charge is 2.47. The summed E-state index contributed by atoms with van der Waals surface area (Å²) in [5.41, 5.74) is 0.00788. The Morgan fingerprint density at radius 1 is 1.52 bits per heavy atom. The van der Waals surface area contributed by atoms with Crippen molar-refractivity contribution in [3.63, 3.8) is 0 Å². The van der Waals surface area contributed by atoms with Crippen molar-refractivity contribution >= 4 is 17.4 Å². The van der Waals surface area contributed by atoms with E-state index in [1.807, 2.05) is 0 Å². The standard InChI is InChI=1S/C12H11ClF3N3O2/c13-10-7(5-20)18-19-9(12(14,15)16)4-6(17-11(10)19)8-2-1-3-21-8/h1-3,6,9,17,20H,4-5H2/t6-,9+/m0/s1. The molecular weight excluding hydrogens is 311 g/mol. The average Bonchev–Trinajstić information content (AvgIpc) is 3.05. The number of hydrogen-bond acceptors (Lipinski definition) is 4. The summed E-state index contributed by atoms with van der Waals surface area (Å²) in [5, 5.41) is 15.7. The number of aliphatic hydroxyl groups is 1. The van der Waals surface area contributed by atoms with E-state index in [9.17, 15) is 13.2 Å². The number of aliphatic hydroxyl groups excluding tert-OH is 1. The Balaban J connectivity index is 2.07. The number of rotatable bonds is 2. The maximum Gasteiger partial charge on any atom is 0.410 e. The third-order valence-corrected chi connectivity index (χ3v) is 3.80. The van der Waals surface area contributed by atoms with E-state index in [1.54, 1.807) is 12.1 Å². The van der Waals surface area contributed by atoms with Crippen LogP contribution in [-0.2, 0) is 6.61 Å². The van der Waals surface area contributed by atoms with Crippen LogP contribution in [0.4, 0.5) is 19.0 Å². The Morgan fingerprint density at radius 2 is 2.29 bits per heavy atom. The molecule has 0 bridgehead atoms. The Morgan fingerprint density at radius 3 is 2.86 bits per heavy atom. The lowest BCUT2D eigenvalue weighted by Crippen LogP contribution is -2.35. The fraction of sp³-hybridized carbons (Fsp3) is 0.417. The molecule has 3 rings (SSSR count). The lowest BCUT2D eigenvalue weighted by molar-refractivity contribution is -0.174. The first-order valence-corrected chi connectivity index (χ1v) is 6.54. The second-order valence-corrected chi connectivity index (χ2v) is 5.10. The van der Waals surface area contributed by atoms with Gasteiger partial charge in [-0.05, 0) is 12.1 Å². The molecule has 0 amide bonds. The van der Waals surface area contributed by atoms with Gasteiger partial charge < -0.3 is 14.8 Å². The Hall–Kier alpha value is -1.67. The highest BCUT2D eigenvalue weighted by atomic mass is 35.5. The van der Waals surface area contributed by atoms with Crippen molar-refractivity contribution in [2.75, 3.05) is 5.32 Å². The van der Waals surface area contributed by atoms with Crippen molar-refractivity contribution in [2.45, 2.75) is 31.3 Å². The van der Waals surface area contributed by atoms with E-state index in [0.717, 1.165) is 4.68 Å². The highest BCUT2D eigenvalue weighted by molar-refractivity contribution is 6.33. The third kappa shape index (κ3) is 2.38. The first-order valence-electron chi connectivity index (χ1n) is 6.16. The second kappa shape index (κ2) is 4.96. The summed E-state index contributed by atoms with van der Waals surface area (Å²) in [7, 11) is 0. The van der Waals surface area contributed by atoms with Crippen molar-refractivity contribution in [1.29, 1.82) is 0 Å².